The lowest BCUT2D eigenvalue weighted by atomic mass is 10.0. The molecule has 1 heterocycles. The Morgan fingerprint density at radius 3 is 3.10 bits per heavy atom. The fourth-order valence-corrected chi connectivity index (χ4v) is 3.53. The molecule has 0 bridgehead atoms. The van der Waals surface area contributed by atoms with Crippen molar-refractivity contribution in [3.8, 4) is 0 Å². The lowest BCUT2D eigenvalue weighted by molar-refractivity contribution is -0.143. The summed E-state index contributed by atoms with van der Waals surface area (Å²) in [4.78, 5) is 15.0. The molecule has 106 valence electrons. The van der Waals surface area contributed by atoms with Crippen molar-refractivity contribution in [1.82, 2.24) is 4.98 Å². The van der Waals surface area contributed by atoms with E-state index in [0.717, 1.165) is 39.5 Å². The highest BCUT2D eigenvalue weighted by Crippen LogP contribution is 2.41. The molecule has 0 aliphatic heterocycles. The van der Waals surface area contributed by atoms with Crippen molar-refractivity contribution >= 4 is 32.8 Å². The van der Waals surface area contributed by atoms with Crippen LogP contribution in [0.4, 0.5) is 4.39 Å². The maximum Gasteiger partial charge on any atom is 0.306 e. The lowest BCUT2D eigenvalue weighted by Crippen LogP contribution is -2.09. The van der Waals surface area contributed by atoms with E-state index in [2.05, 4.69) is 20.9 Å². The van der Waals surface area contributed by atoms with Crippen LogP contribution in [0.5, 0.6) is 0 Å². The Bertz CT molecular complexity index is 680. The van der Waals surface area contributed by atoms with E-state index in [1.165, 1.54) is 6.07 Å². The molecule has 3 rings (SSSR count). The maximum absolute atomic E-state index is 13.5. The van der Waals surface area contributed by atoms with Gasteiger partial charge in [0, 0.05) is 21.5 Å². The Kier molecular flexibility index (Phi) is 3.54. The number of carbonyl (C=O) groups is 1. The van der Waals surface area contributed by atoms with E-state index in [9.17, 15) is 9.18 Å². The van der Waals surface area contributed by atoms with Crippen molar-refractivity contribution in [2.24, 2.45) is 0 Å². The molecular weight excluding hydrogens is 325 g/mol. The lowest BCUT2D eigenvalue weighted by Gasteiger charge is -2.09. The van der Waals surface area contributed by atoms with Crippen molar-refractivity contribution in [3.05, 3.63) is 33.7 Å². The van der Waals surface area contributed by atoms with Crippen molar-refractivity contribution in [2.45, 2.75) is 32.1 Å². The number of hydrogen-bond donors (Lipinski definition) is 1. The number of nitrogens with one attached hydrogen (secondary N) is 1. The second kappa shape index (κ2) is 5.20. The van der Waals surface area contributed by atoms with Gasteiger partial charge in [-0.3, -0.25) is 4.79 Å². The number of fused-ring (bicyclic) bond motifs is 3. The first-order valence-corrected chi connectivity index (χ1v) is 7.54. The maximum atomic E-state index is 13.5. The van der Waals surface area contributed by atoms with Crippen LogP contribution in [0.3, 0.4) is 0 Å². The third-order valence-corrected chi connectivity index (χ3v) is 4.46. The van der Waals surface area contributed by atoms with Crippen LogP contribution in [0.2, 0.25) is 0 Å². The molecular formula is C15H15BrFNO2. The number of hydrogen-bond acceptors (Lipinski definition) is 2. The van der Waals surface area contributed by atoms with E-state index in [0.29, 0.717) is 13.0 Å². The van der Waals surface area contributed by atoms with E-state index >= 15 is 0 Å². The topological polar surface area (TPSA) is 42.1 Å². The van der Waals surface area contributed by atoms with Crippen LogP contribution in [0, 0.1) is 5.82 Å². The van der Waals surface area contributed by atoms with E-state index in [-0.39, 0.29) is 17.7 Å². The van der Waals surface area contributed by atoms with E-state index in [4.69, 9.17) is 4.74 Å². The van der Waals surface area contributed by atoms with E-state index < -0.39 is 0 Å². The summed E-state index contributed by atoms with van der Waals surface area (Å²) in [6.07, 6.45) is 2.16. The van der Waals surface area contributed by atoms with Crippen LogP contribution in [0.25, 0.3) is 10.9 Å². The molecule has 2 aromatic rings. The first kappa shape index (κ1) is 13.6. The zero-order valence-corrected chi connectivity index (χ0v) is 12.7. The van der Waals surface area contributed by atoms with Gasteiger partial charge in [0.15, 0.2) is 0 Å². The molecule has 0 radical (unpaired) electrons. The third-order valence-electron chi connectivity index (χ3n) is 3.83. The number of aromatic nitrogens is 1. The zero-order chi connectivity index (χ0) is 14.3. The molecule has 1 atom stereocenters. The van der Waals surface area contributed by atoms with Crippen molar-refractivity contribution in [3.63, 3.8) is 0 Å². The smallest absolute Gasteiger partial charge is 0.306 e. The minimum atomic E-state index is -0.250. The van der Waals surface area contributed by atoms with Gasteiger partial charge in [-0.2, -0.15) is 0 Å². The second-order valence-electron chi connectivity index (χ2n) is 5.07. The van der Waals surface area contributed by atoms with Gasteiger partial charge in [0.1, 0.15) is 5.82 Å². The highest BCUT2D eigenvalue weighted by Gasteiger charge is 2.29. The Morgan fingerprint density at radius 1 is 1.55 bits per heavy atom. The predicted octanol–water partition coefficient (Wildman–Crippen LogP) is 4.05. The van der Waals surface area contributed by atoms with Gasteiger partial charge in [0.25, 0.3) is 0 Å². The van der Waals surface area contributed by atoms with E-state index in [1.807, 2.05) is 0 Å². The van der Waals surface area contributed by atoms with Crippen molar-refractivity contribution in [2.75, 3.05) is 6.61 Å². The number of ether oxygens (including phenoxy) is 1. The fourth-order valence-electron chi connectivity index (χ4n) is 3.00. The molecule has 1 N–H and O–H groups in total. The number of halogens is 2. The Balaban J connectivity index is 1.98. The molecule has 1 aromatic carbocycles. The molecule has 1 aromatic heterocycles. The molecule has 3 nitrogen and oxygen atoms in total. The molecule has 0 spiro atoms. The molecule has 1 aliphatic rings. The normalized spacial score (nSPS) is 17.4. The summed E-state index contributed by atoms with van der Waals surface area (Å²) in [6.45, 7) is 2.21. The third kappa shape index (κ3) is 2.24. The monoisotopic (exact) mass is 339 g/mol. The predicted molar refractivity (Wildman–Crippen MR) is 78.3 cm³/mol. The number of benzene rings is 1. The van der Waals surface area contributed by atoms with Crippen molar-refractivity contribution in [1.29, 1.82) is 0 Å². The fraction of sp³-hybridized carbons (Fsp3) is 0.400. The largest absolute Gasteiger partial charge is 0.466 e. The number of rotatable bonds is 3. The molecule has 5 heteroatoms. The van der Waals surface area contributed by atoms with Gasteiger partial charge in [-0.1, -0.05) is 0 Å². The summed E-state index contributed by atoms with van der Waals surface area (Å²) < 4.78 is 19.3. The molecule has 20 heavy (non-hydrogen) atoms. The highest BCUT2D eigenvalue weighted by atomic mass is 79.9. The van der Waals surface area contributed by atoms with Gasteiger partial charge in [0.2, 0.25) is 0 Å². The Hall–Kier alpha value is -1.36. The summed E-state index contributed by atoms with van der Waals surface area (Å²) in [5, 5.41) is 0.915. The minimum absolute atomic E-state index is 0.145. The van der Waals surface area contributed by atoms with Gasteiger partial charge < -0.3 is 9.72 Å². The number of esters is 1. The van der Waals surface area contributed by atoms with Gasteiger partial charge in [0.05, 0.1) is 18.5 Å². The van der Waals surface area contributed by atoms with Crippen molar-refractivity contribution < 1.29 is 13.9 Å². The Labute approximate surface area is 124 Å². The molecule has 0 fully saturated rings. The zero-order valence-electron chi connectivity index (χ0n) is 11.1. The van der Waals surface area contributed by atoms with E-state index in [1.54, 1.807) is 13.0 Å². The minimum Gasteiger partial charge on any atom is -0.466 e. The van der Waals surface area contributed by atoms with Gasteiger partial charge >= 0.3 is 5.97 Å². The summed E-state index contributed by atoms with van der Waals surface area (Å²) in [7, 11) is 0. The van der Waals surface area contributed by atoms with Crippen LogP contribution >= 0.6 is 15.9 Å². The molecule has 0 saturated heterocycles. The number of aromatic amines is 1. The molecule has 0 saturated carbocycles. The van der Waals surface area contributed by atoms with Gasteiger partial charge in [-0.05, 0) is 53.4 Å². The van der Waals surface area contributed by atoms with Gasteiger partial charge in [-0.15, -0.1) is 0 Å². The summed E-state index contributed by atoms with van der Waals surface area (Å²) in [6, 6.07) is 3.01. The summed E-state index contributed by atoms with van der Waals surface area (Å²) >= 11 is 3.38. The first-order valence-electron chi connectivity index (χ1n) is 6.75. The van der Waals surface area contributed by atoms with Crippen LogP contribution in [0.15, 0.2) is 16.6 Å². The molecule has 1 aliphatic carbocycles. The standard InChI is InChI=1S/C15H15BrFNO2/c1-2-20-13(19)5-8-3-4-10-11-6-9(17)7-12(16)15(11)18-14(8)10/h6-8,18H,2-5H2,1H3/t8-/m1/s1. The Morgan fingerprint density at radius 2 is 2.35 bits per heavy atom. The SMILES string of the molecule is CCOC(=O)C[C@H]1CCc2c1[nH]c1c(Br)cc(F)cc21. The van der Waals surface area contributed by atoms with Crippen LogP contribution in [-0.2, 0) is 16.0 Å². The van der Waals surface area contributed by atoms with Gasteiger partial charge in [-0.25, -0.2) is 4.39 Å². The second-order valence-corrected chi connectivity index (χ2v) is 5.93. The van der Waals surface area contributed by atoms with Crippen LogP contribution in [-0.4, -0.2) is 17.6 Å². The average molecular weight is 340 g/mol. The molecule has 0 amide bonds. The average Bonchev–Trinajstić information content (AvgIpc) is 2.91. The number of aryl methyl sites for hydroxylation is 1. The number of H-pyrrole nitrogens is 1. The summed E-state index contributed by atoms with van der Waals surface area (Å²) in [5.41, 5.74) is 3.10. The highest BCUT2D eigenvalue weighted by molar-refractivity contribution is 9.10. The van der Waals surface area contributed by atoms with Crippen LogP contribution in [0.1, 0.15) is 36.9 Å². The van der Waals surface area contributed by atoms with Crippen LogP contribution < -0.4 is 0 Å². The quantitative estimate of drug-likeness (QED) is 0.857. The number of carbonyl (C=O) groups excluding carboxylic acids is 1. The first-order chi connectivity index (χ1) is 9.60. The molecule has 0 unspecified atom stereocenters. The summed E-state index contributed by atoms with van der Waals surface area (Å²) in [5.74, 6) is -0.277.